The zero-order valence-electron chi connectivity index (χ0n) is 33.4. The summed E-state index contributed by atoms with van der Waals surface area (Å²) in [5.41, 5.74) is 13.4. The summed E-state index contributed by atoms with van der Waals surface area (Å²) >= 11 is -4.06. The van der Waals surface area contributed by atoms with Gasteiger partial charge in [-0.05, 0) is 0 Å². The van der Waals surface area contributed by atoms with Crippen LogP contribution in [0.1, 0.15) is 81.0 Å². The van der Waals surface area contributed by atoms with Crippen molar-refractivity contribution in [2.45, 2.75) is 118 Å². The standard InChI is InChI=1S/2C18H19Si.C10H18Si.2CH3.Hf/c2*1-19(2,3)16-12-10-15(11-13-16)18-9-5-7-14-6-4-8-17(14)18;1-2-6-9(5-1)11-10-7-3-4-8-10;;;/h2*4-13H,1-3H3;9-10H,1-8H2;2*1H3;. The van der Waals surface area contributed by atoms with Gasteiger partial charge in [0.2, 0.25) is 0 Å². The molecule has 8 rings (SSSR count). The van der Waals surface area contributed by atoms with Crippen molar-refractivity contribution in [2.24, 2.45) is 0 Å². The molecule has 4 aromatic rings. The zero-order chi connectivity index (χ0) is 36.5. The second-order valence-corrected chi connectivity index (χ2v) is 75.0. The van der Waals surface area contributed by atoms with Crippen molar-refractivity contribution in [1.82, 2.24) is 0 Å². The third kappa shape index (κ3) is 6.24. The molecule has 0 spiro atoms. The topological polar surface area (TPSA) is 0 Å². The van der Waals surface area contributed by atoms with Crippen molar-refractivity contribution in [3.8, 4) is 22.3 Å². The van der Waals surface area contributed by atoms with Gasteiger partial charge in [0.25, 0.3) is 0 Å². The van der Waals surface area contributed by atoms with Gasteiger partial charge in [0.05, 0.1) is 0 Å². The van der Waals surface area contributed by atoms with Gasteiger partial charge >= 0.3 is 321 Å². The van der Waals surface area contributed by atoms with E-state index in [1.807, 2.05) is 0 Å². The Bertz CT molecular complexity index is 1970. The Morgan fingerprint density at radius 3 is 1.21 bits per heavy atom. The van der Waals surface area contributed by atoms with Gasteiger partial charge in [-0.3, -0.25) is 0 Å². The van der Waals surface area contributed by atoms with E-state index in [9.17, 15) is 0 Å². The number of fused-ring (bicyclic) bond motifs is 2. The van der Waals surface area contributed by atoms with Gasteiger partial charge in [-0.1, -0.05) is 0 Å². The molecule has 0 amide bonds. The van der Waals surface area contributed by atoms with E-state index < -0.39 is 38.8 Å². The van der Waals surface area contributed by atoms with E-state index in [1.165, 1.54) is 84.7 Å². The summed E-state index contributed by atoms with van der Waals surface area (Å²) in [7, 11) is -2.70. The molecule has 0 nitrogen and oxygen atoms in total. The van der Waals surface area contributed by atoms with Crippen molar-refractivity contribution >= 4 is 44.2 Å². The van der Waals surface area contributed by atoms with Gasteiger partial charge in [0.15, 0.2) is 0 Å². The first kappa shape index (κ1) is 36.8. The summed E-state index contributed by atoms with van der Waals surface area (Å²) in [5.74, 6) is 0. The molecule has 52 heavy (non-hydrogen) atoms. The molecule has 4 aliphatic carbocycles. The first-order valence-electron chi connectivity index (χ1n) is 20.7. The SMILES string of the molecule is C[Si](C)(C)c1ccc(-c2cccc3c2C=C[CH]3[Hf]([CH3])([CH3])([CH]2C=Cc3c(-c4ccc([Si](C)(C)C)cc4)cccc32)=[Si](C2CCCC2)C2CCCC2)cc1. The Hall–Kier alpha value is -2.12. The number of hydrogen-bond donors (Lipinski definition) is 0. The van der Waals surface area contributed by atoms with Crippen molar-refractivity contribution in [3.63, 3.8) is 0 Å². The molecule has 2 saturated carbocycles. The van der Waals surface area contributed by atoms with E-state index in [-0.39, 0.29) is 0 Å². The molecule has 0 aromatic heterocycles. The molecule has 2 unspecified atom stereocenters. The van der Waals surface area contributed by atoms with Gasteiger partial charge < -0.3 is 0 Å². The summed E-state index contributed by atoms with van der Waals surface area (Å²) in [5, 5.41) is 3.10. The predicted octanol–water partition coefficient (Wildman–Crippen LogP) is 13.6. The van der Waals surface area contributed by atoms with Crippen LogP contribution in [-0.2, 0) is 17.1 Å². The molecule has 4 aromatic carbocycles. The molecule has 4 heteroatoms. The van der Waals surface area contributed by atoms with Crippen molar-refractivity contribution < 1.29 is 17.1 Å². The van der Waals surface area contributed by atoms with Crippen LogP contribution in [0.4, 0.5) is 0 Å². The third-order valence-electron chi connectivity index (χ3n) is 14.4. The van der Waals surface area contributed by atoms with E-state index in [1.54, 1.807) is 21.5 Å². The van der Waals surface area contributed by atoms with E-state index in [0.717, 1.165) is 11.1 Å². The Morgan fingerprint density at radius 1 is 0.500 bits per heavy atom. The fraction of sp³-hybridized carbons (Fsp3) is 0.417. The van der Waals surface area contributed by atoms with Gasteiger partial charge in [-0.25, -0.2) is 0 Å². The maximum absolute atomic E-state index is 4.06. The molecule has 0 saturated heterocycles. The van der Waals surface area contributed by atoms with E-state index in [2.05, 4.69) is 158 Å². The van der Waals surface area contributed by atoms with Gasteiger partial charge in [0, 0.05) is 0 Å². The minimum absolute atomic E-state index is 0.601. The summed E-state index contributed by atoms with van der Waals surface area (Å²) in [4.78, 5) is 0. The number of benzene rings is 4. The van der Waals surface area contributed by atoms with Crippen LogP contribution in [0.5, 0.6) is 0 Å². The molecule has 2 fully saturated rings. The van der Waals surface area contributed by atoms with Crippen LogP contribution < -0.4 is 10.4 Å². The quantitative estimate of drug-likeness (QED) is 0.155. The van der Waals surface area contributed by atoms with Crippen molar-refractivity contribution in [3.05, 3.63) is 119 Å². The third-order valence-corrected chi connectivity index (χ3v) is 74.2. The van der Waals surface area contributed by atoms with Crippen LogP contribution in [0.25, 0.3) is 34.4 Å². The molecular weight excluding hydrogens is 839 g/mol. The minimum atomic E-state index is -4.06. The Labute approximate surface area is 318 Å². The molecule has 0 bridgehead atoms. The molecule has 270 valence electrons. The molecule has 4 aliphatic rings. The molecule has 0 aliphatic heterocycles. The van der Waals surface area contributed by atoms with Crippen LogP contribution in [0.3, 0.4) is 0 Å². The molecule has 0 N–H and O–H groups in total. The number of rotatable bonds is 8. The average Bonchev–Trinajstić information content (AvgIpc) is 3.95. The normalized spacial score (nSPS) is 20.9. The van der Waals surface area contributed by atoms with Crippen LogP contribution >= 0.6 is 0 Å². The Balaban J connectivity index is 1.32. The first-order valence-corrected chi connectivity index (χ1v) is 46.0. The molecule has 2 atom stereocenters. The number of hydrogen-bond acceptors (Lipinski definition) is 0. The fourth-order valence-corrected chi connectivity index (χ4v) is 80.9. The Morgan fingerprint density at radius 2 is 0.865 bits per heavy atom. The first-order chi connectivity index (χ1) is 24.7. The Kier molecular flexibility index (Phi) is 9.61. The van der Waals surface area contributed by atoms with E-state index >= 15 is 0 Å². The molecular formula is C48H62HfSi3. The zero-order valence-corrected chi connectivity index (χ0v) is 40.0. The van der Waals surface area contributed by atoms with Crippen LogP contribution in [0.15, 0.2) is 97.1 Å². The van der Waals surface area contributed by atoms with Crippen molar-refractivity contribution in [2.75, 3.05) is 0 Å². The molecule has 0 radical (unpaired) electrons. The van der Waals surface area contributed by atoms with E-state index in [4.69, 9.17) is 0 Å². The average molecular weight is 902 g/mol. The summed E-state index contributed by atoms with van der Waals surface area (Å²) < 4.78 is 7.29. The fourth-order valence-electron chi connectivity index (χ4n) is 11.7. The molecule has 0 heterocycles. The van der Waals surface area contributed by atoms with Gasteiger partial charge in [-0.2, -0.15) is 0 Å². The second-order valence-electron chi connectivity index (χ2n) is 20.0. The van der Waals surface area contributed by atoms with Crippen molar-refractivity contribution in [1.29, 1.82) is 0 Å². The van der Waals surface area contributed by atoms with Crippen LogP contribution in [0, 0.1) is 0 Å². The summed E-state index contributed by atoms with van der Waals surface area (Å²) in [6.07, 6.45) is 22.6. The summed E-state index contributed by atoms with van der Waals surface area (Å²) in [6, 6.07) is 34.2. The van der Waals surface area contributed by atoms with Crippen LogP contribution in [-0.4, -0.2) is 21.6 Å². The van der Waals surface area contributed by atoms with Crippen LogP contribution in [0.2, 0.25) is 59.7 Å². The maximum atomic E-state index is 3.04. The monoisotopic (exact) mass is 902 g/mol. The number of allylic oxidation sites excluding steroid dienone is 2. The van der Waals surface area contributed by atoms with Gasteiger partial charge in [-0.15, -0.1) is 0 Å². The predicted molar refractivity (Wildman–Crippen MR) is 235 cm³/mol. The second kappa shape index (κ2) is 13.6. The summed E-state index contributed by atoms with van der Waals surface area (Å²) in [6.45, 7) is 14.8. The van der Waals surface area contributed by atoms with E-state index in [0.29, 0.717) is 7.35 Å². The van der Waals surface area contributed by atoms with Gasteiger partial charge in [0.1, 0.15) is 0 Å².